The zero-order chi connectivity index (χ0) is 12.3. The molecule has 1 aromatic rings. The van der Waals surface area contributed by atoms with E-state index >= 15 is 0 Å². The van der Waals surface area contributed by atoms with Crippen LogP contribution >= 0.6 is 11.3 Å². The highest BCUT2D eigenvalue weighted by atomic mass is 32.1. The van der Waals surface area contributed by atoms with Gasteiger partial charge >= 0.3 is 5.97 Å². The van der Waals surface area contributed by atoms with Crippen LogP contribution in [0.15, 0.2) is 5.38 Å². The summed E-state index contributed by atoms with van der Waals surface area (Å²) < 4.78 is 0. The number of rotatable bonds is 6. The van der Waals surface area contributed by atoms with Crippen LogP contribution in [0.1, 0.15) is 29.8 Å². The molecule has 17 heavy (non-hydrogen) atoms. The number of amides is 1. The van der Waals surface area contributed by atoms with Gasteiger partial charge in [-0.25, -0.2) is 9.78 Å². The van der Waals surface area contributed by atoms with Crippen molar-refractivity contribution < 1.29 is 14.7 Å². The lowest BCUT2D eigenvalue weighted by Gasteiger charge is -2.03. The van der Waals surface area contributed by atoms with Crippen molar-refractivity contribution in [3.8, 4) is 0 Å². The highest BCUT2D eigenvalue weighted by Crippen LogP contribution is 2.18. The fourth-order valence-corrected chi connectivity index (χ4v) is 1.98. The first kappa shape index (κ1) is 11.8. The normalized spacial score (nSPS) is 14.4. The van der Waals surface area contributed by atoms with E-state index in [4.69, 9.17) is 5.11 Å². The smallest absolute Gasteiger partial charge is 0.355 e. The molecule has 0 bridgehead atoms. The molecule has 0 aromatic carbocycles. The Morgan fingerprint density at radius 2 is 2.29 bits per heavy atom. The van der Waals surface area contributed by atoms with Crippen molar-refractivity contribution in [1.82, 2.24) is 10.3 Å². The topological polar surface area (TPSA) is 91.3 Å². The van der Waals surface area contributed by atoms with Gasteiger partial charge in [0, 0.05) is 24.4 Å². The Balaban J connectivity index is 1.69. The SMILES string of the molecule is O=C(CCNc1nc(C(=O)O)cs1)NC1CC1. The predicted octanol–water partition coefficient (Wildman–Crippen LogP) is 0.922. The molecule has 0 spiro atoms. The molecule has 1 aromatic heterocycles. The summed E-state index contributed by atoms with van der Waals surface area (Å²) in [5, 5.41) is 16.5. The number of aromatic carboxylic acids is 1. The first-order valence-corrected chi connectivity index (χ1v) is 6.25. The molecule has 1 saturated carbocycles. The molecule has 0 atom stereocenters. The van der Waals surface area contributed by atoms with E-state index in [2.05, 4.69) is 15.6 Å². The van der Waals surface area contributed by atoms with Gasteiger partial charge < -0.3 is 15.7 Å². The van der Waals surface area contributed by atoms with E-state index in [0.717, 1.165) is 12.8 Å². The molecule has 1 aliphatic rings. The lowest BCUT2D eigenvalue weighted by Crippen LogP contribution is -2.27. The summed E-state index contributed by atoms with van der Waals surface area (Å²) in [5.41, 5.74) is 0.0277. The van der Waals surface area contributed by atoms with Crippen molar-refractivity contribution in [2.24, 2.45) is 0 Å². The second-order valence-electron chi connectivity index (χ2n) is 3.86. The van der Waals surface area contributed by atoms with Crippen molar-refractivity contribution in [1.29, 1.82) is 0 Å². The number of nitrogens with zero attached hydrogens (tertiary/aromatic N) is 1. The number of carbonyl (C=O) groups excluding carboxylic acids is 1. The molecular weight excluding hydrogens is 242 g/mol. The molecular formula is C10H13N3O3S. The maximum absolute atomic E-state index is 11.3. The minimum atomic E-state index is -1.04. The van der Waals surface area contributed by atoms with Crippen LogP contribution in [0, 0.1) is 0 Å². The van der Waals surface area contributed by atoms with Crippen LogP contribution in [0.5, 0.6) is 0 Å². The number of hydrogen-bond donors (Lipinski definition) is 3. The molecule has 1 amide bonds. The Hall–Kier alpha value is -1.63. The van der Waals surface area contributed by atoms with E-state index in [1.165, 1.54) is 16.7 Å². The monoisotopic (exact) mass is 255 g/mol. The lowest BCUT2D eigenvalue weighted by atomic mass is 10.4. The van der Waals surface area contributed by atoms with Crippen LogP contribution in [-0.2, 0) is 4.79 Å². The summed E-state index contributed by atoms with van der Waals surface area (Å²) in [6.45, 7) is 0.463. The van der Waals surface area contributed by atoms with Gasteiger partial charge in [0.1, 0.15) is 0 Å². The van der Waals surface area contributed by atoms with E-state index in [0.29, 0.717) is 24.1 Å². The van der Waals surface area contributed by atoms with Crippen LogP contribution in [0.25, 0.3) is 0 Å². The summed E-state index contributed by atoms with van der Waals surface area (Å²) in [5.74, 6) is -1.02. The van der Waals surface area contributed by atoms with Crippen molar-refractivity contribution in [2.45, 2.75) is 25.3 Å². The highest BCUT2D eigenvalue weighted by Gasteiger charge is 2.22. The van der Waals surface area contributed by atoms with Crippen molar-refractivity contribution in [2.75, 3.05) is 11.9 Å². The number of aromatic nitrogens is 1. The first-order valence-electron chi connectivity index (χ1n) is 5.37. The third-order valence-electron chi connectivity index (χ3n) is 2.29. The zero-order valence-corrected chi connectivity index (χ0v) is 9.92. The Kier molecular flexibility index (Phi) is 3.58. The van der Waals surface area contributed by atoms with Gasteiger partial charge in [-0.3, -0.25) is 4.79 Å². The second-order valence-corrected chi connectivity index (χ2v) is 4.72. The van der Waals surface area contributed by atoms with E-state index in [1.54, 1.807) is 0 Å². The maximum Gasteiger partial charge on any atom is 0.355 e. The second kappa shape index (κ2) is 5.13. The predicted molar refractivity (Wildman–Crippen MR) is 63.3 cm³/mol. The maximum atomic E-state index is 11.3. The Labute approximate surface area is 102 Å². The number of thiazole rings is 1. The van der Waals surface area contributed by atoms with E-state index < -0.39 is 5.97 Å². The molecule has 7 heteroatoms. The average molecular weight is 255 g/mol. The molecule has 1 heterocycles. The fourth-order valence-electron chi connectivity index (χ4n) is 1.26. The fraction of sp³-hybridized carbons (Fsp3) is 0.500. The van der Waals surface area contributed by atoms with Crippen molar-refractivity contribution in [3.05, 3.63) is 11.1 Å². The Morgan fingerprint density at radius 1 is 1.53 bits per heavy atom. The highest BCUT2D eigenvalue weighted by molar-refractivity contribution is 7.13. The molecule has 2 rings (SSSR count). The standard InChI is InChI=1S/C10H13N3O3S/c14-8(12-6-1-2-6)3-4-11-10-13-7(5-17-10)9(15)16/h5-6H,1-4H2,(H,11,13)(H,12,14)(H,15,16). The van der Waals surface area contributed by atoms with E-state index in [-0.39, 0.29) is 11.6 Å². The number of nitrogens with one attached hydrogen (secondary N) is 2. The third kappa shape index (κ3) is 3.70. The average Bonchev–Trinajstić information content (AvgIpc) is 2.94. The van der Waals surface area contributed by atoms with Crippen LogP contribution in [-0.4, -0.2) is 34.6 Å². The van der Waals surface area contributed by atoms with Gasteiger partial charge in [-0.2, -0.15) is 0 Å². The minimum absolute atomic E-state index is 0.0232. The van der Waals surface area contributed by atoms with Crippen LogP contribution in [0.3, 0.4) is 0 Å². The lowest BCUT2D eigenvalue weighted by molar-refractivity contribution is -0.120. The minimum Gasteiger partial charge on any atom is -0.476 e. The number of hydrogen-bond acceptors (Lipinski definition) is 5. The molecule has 0 aliphatic heterocycles. The quantitative estimate of drug-likeness (QED) is 0.703. The van der Waals surface area contributed by atoms with Gasteiger partial charge in [-0.15, -0.1) is 11.3 Å². The van der Waals surface area contributed by atoms with Gasteiger partial charge in [0.05, 0.1) is 0 Å². The largest absolute Gasteiger partial charge is 0.476 e. The zero-order valence-electron chi connectivity index (χ0n) is 9.10. The number of carboxylic acids is 1. The van der Waals surface area contributed by atoms with Gasteiger partial charge in [0.15, 0.2) is 10.8 Å². The van der Waals surface area contributed by atoms with Crippen molar-refractivity contribution in [3.63, 3.8) is 0 Å². The van der Waals surface area contributed by atoms with Crippen LogP contribution < -0.4 is 10.6 Å². The molecule has 0 saturated heterocycles. The number of anilines is 1. The van der Waals surface area contributed by atoms with Gasteiger partial charge in [-0.05, 0) is 12.8 Å². The molecule has 1 fully saturated rings. The summed E-state index contributed by atoms with van der Waals surface area (Å²) in [4.78, 5) is 25.8. The van der Waals surface area contributed by atoms with Crippen molar-refractivity contribution >= 4 is 28.3 Å². The third-order valence-corrected chi connectivity index (χ3v) is 3.09. The van der Waals surface area contributed by atoms with Crippen LogP contribution in [0.2, 0.25) is 0 Å². The van der Waals surface area contributed by atoms with Crippen LogP contribution in [0.4, 0.5) is 5.13 Å². The number of carbonyl (C=O) groups is 2. The Bertz CT molecular complexity index is 428. The summed E-state index contributed by atoms with van der Waals surface area (Å²) in [6.07, 6.45) is 2.53. The molecule has 92 valence electrons. The summed E-state index contributed by atoms with van der Waals surface area (Å²) in [6, 6.07) is 0.376. The Morgan fingerprint density at radius 3 is 2.88 bits per heavy atom. The van der Waals surface area contributed by atoms with E-state index in [9.17, 15) is 9.59 Å². The molecule has 0 radical (unpaired) electrons. The van der Waals surface area contributed by atoms with Gasteiger partial charge in [0.25, 0.3) is 0 Å². The number of carboxylic acid groups (broad SMARTS) is 1. The first-order chi connectivity index (χ1) is 8.15. The molecule has 0 unspecified atom stereocenters. The molecule has 3 N–H and O–H groups in total. The van der Waals surface area contributed by atoms with E-state index in [1.807, 2.05) is 0 Å². The summed E-state index contributed by atoms with van der Waals surface area (Å²) >= 11 is 1.22. The molecule has 6 nitrogen and oxygen atoms in total. The summed E-state index contributed by atoms with van der Waals surface area (Å²) in [7, 11) is 0. The van der Waals surface area contributed by atoms with Gasteiger partial charge in [-0.1, -0.05) is 0 Å². The van der Waals surface area contributed by atoms with Gasteiger partial charge in [0.2, 0.25) is 5.91 Å². The molecule has 1 aliphatic carbocycles.